The van der Waals surface area contributed by atoms with Gasteiger partial charge in [-0.3, -0.25) is 4.79 Å². The van der Waals surface area contributed by atoms with Gasteiger partial charge >= 0.3 is 5.97 Å². The minimum absolute atomic E-state index is 0.155. The number of benzene rings is 2. The van der Waals surface area contributed by atoms with Gasteiger partial charge in [-0.05, 0) is 79.0 Å². The molecule has 4 heteroatoms. The normalized spacial score (nSPS) is 13.1. The predicted molar refractivity (Wildman–Crippen MR) is 101 cm³/mol. The number of hydrogen-bond acceptors (Lipinski definition) is 3. The number of carboxylic acid groups (broad SMARTS) is 1. The lowest BCUT2D eigenvalue weighted by Crippen LogP contribution is -2.03. The van der Waals surface area contributed by atoms with E-state index in [0.29, 0.717) is 12.2 Å². The van der Waals surface area contributed by atoms with Crippen LogP contribution < -0.4 is 4.74 Å². The number of phenolic OH excluding ortho intramolecular Hbond substituents is 1. The maximum atomic E-state index is 10.9. The first-order valence-electron chi connectivity index (χ1n) is 9.23. The molecule has 0 spiro atoms. The van der Waals surface area contributed by atoms with Gasteiger partial charge in [0.2, 0.25) is 0 Å². The molecule has 0 atom stereocenters. The van der Waals surface area contributed by atoms with Crippen molar-refractivity contribution in [3.63, 3.8) is 0 Å². The number of carbonyl (C=O) groups is 1. The first-order valence-corrected chi connectivity index (χ1v) is 9.23. The largest absolute Gasteiger partial charge is 0.508 e. The lowest BCUT2D eigenvalue weighted by atomic mass is 9.95. The first kappa shape index (κ1) is 18.3. The van der Waals surface area contributed by atoms with Crippen LogP contribution in [-0.4, -0.2) is 16.2 Å². The number of aryl methyl sites for hydroxylation is 2. The highest BCUT2D eigenvalue weighted by Gasteiger charge is 2.22. The van der Waals surface area contributed by atoms with Gasteiger partial charge < -0.3 is 14.9 Å². The molecule has 0 aromatic heterocycles. The number of ether oxygens (including phenoxy) is 1. The van der Waals surface area contributed by atoms with Gasteiger partial charge in [0.05, 0.1) is 0 Å². The zero-order valence-electron chi connectivity index (χ0n) is 15.6. The molecule has 1 aliphatic carbocycles. The molecule has 0 heterocycles. The number of hydrogen-bond donors (Lipinski definition) is 2. The summed E-state index contributed by atoms with van der Waals surface area (Å²) in [5.41, 5.74) is 5.51. The van der Waals surface area contributed by atoms with E-state index in [1.165, 1.54) is 11.1 Å². The van der Waals surface area contributed by atoms with Crippen molar-refractivity contribution < 1.29 is 19.7 Å². The molecule has 0 bridgehead atoms. The predicted octanol–water partition coefficient (Wildman–Crippen LogP) is 5.12. The topological polar surface area (TPSA) is 66.8 Å². The Morgan fingerprint density at radius 1 is 1.19 bits per heavy atom. The van der Waals surface area contributed by atoms with Gasteiger partial charge in [0, 0.05) is 12.0 Å². The number of phenols is 1. The van der Waals surface area contributed by atoms with E-state index in [2.05, 4.69) is 6.07 Å². The van der Waals surface area contributed by atoms with Crippen LogP contribution in [0.3, 0.4) is 0 Å². The van der Waals surface area contributed by atoms with Crippen LogP contribution in [0.25, 0.3) is 0 Å². The summed E-state index contributed by atoms with van der Waals surface area (Å²) in [5, 5.41) is 19.0. The van der Waals surface area contributed by atoms with E-state index >= 15 is 0 Å². The zero-order chi connectivity index (χ0) is 18.8. The summed E-state index contributed by atoms with van der Waals surface area (Å²) in [4.78, 5) is 10.9. The van der Waals surface area contributed by atoms with Crippen molar-refractivity contribution in [2.75, 3.05) is 0 Å². The Hall–Kier alpha value is -2.49. The van der Waals surface area contributed by atoms with Crippen LogP contribution in [0.15, 0.2) is 24.3 Å². The van der Waals surface area contributed by atoms with Crippen molar-refractivity contribution in [1.82, 2.24) is 0 Å². The maximum Gasteiger partial charge on any atom is 0.303 e. The maximum absolute atomic E-state index is 10.9. The quantitative estimate of drug-likeness (QED) is 0.755. The third-order valence-electron chi connectivity index (χ3n) is 5.08. The fourth-order valence-electron chi connectivity index (χ4n) is 3.78. The molecular weight excluding hydrogens is 328 g/mol. The Kier molecular flexibility index (Phi) is 5.21. The van der Waals surface area contributed by atoms with Crippen molar-refractivity contribution in [3.8, 4) is 17.2 Å². The number of fused-ring (bicyclic) bond motifs is 1. The summed E-state index contributed by atoms with van der Waals surface area (Å²) < 4.78 is 6.25. The molecule has 1 aliphatic rings. The molecule has 2 N–H and O–H groups in total. The summed E-state index contributed by atoms with van der Waals surface area (Å²) in [7, 11) is 0. The number of carboxylic acids is 1. The van der Waals surface area contributed by atoms with Crippen molar-refractivity contribution in [2.24, 2.45) is 0 Å². The lowest BCUT2D eigenvalue weighted by molar-refractivity contribution is -0.136. The molecule has 0 saturated heterocycles. The molecule has 0 unspecified atom stereocenters. The second-order valence-corrected chi connectivity index (χ2v) is 7.36. The Balaban J connectivity index is 1.95. The zero-order valence-corrected chi connectivity index (χ0v) is 15.6. The first-order chi connectivity index (χ1) is 12.4. The SMILES string of the molecule is Cc1cc(CCC(=O)O)c2c(c1Oc1ccc(O)c(C(C)C)c1)CCC2. The molecule has 3 rings (SSSR count). The van der Waals surface area contributed by atoms with E-state index < -0.39 is 5.97 Å². The molecule has 4 nitrogen and oxygen atoms in total. The van der Waals surface area contributed by atoms with Gasteiger partial charge in [0.1, 0.15) is 17.2 Å². The van der Waals surface area contributed by atoms with E-state index in [1.54, 1.807) is 12.1 Å². The van der Waals surface area contributed by atoms with Crippen LogP contribution in [0, 0.1) is 6.92 Å². The second kappa shape index (κ2) is 7.40. The molecule has 138 valence electrons. The van der Waals surface area contributed by atoms with Gasteiger partial charge in [-0.2, -0.15) is 0 Å². The molecular formula is C22H26O4. The summed E-state index contributed by atoms with van der Waals surface area (Å²) >= 11 is 0. The van der Waals surface area contributed by atoms with Gasteiger partial charge in [-0.15, -0.1) is 0 Å². The monoisotopic (exact) mass is 354 g/mol. The third kappa shape index (κ3) is 3.69. The van der Waals surface area contributed by atoms with E-state index in [0.717, 1.165) is 47.5 Å². The van der Waals surface area contributed by atoms with Gasteiger partial charge in [-0.25, -0.2) is 0 Å². The average molecular weight is 354 g/mol. The number of aromatic hydroxyl groups is 1. The van der Waals surface area contributed by atoms with Crippen molar-refractivity contribution in [3.05, 3.63) is 52.1 Å². The number of aliphatic carboxylic acids is 1. The average Bonchev–Trinajstić information content (AvgIpc) is 3.06. The molecule has 26 heavy (non-hydrogen) atoms. The standard InChI is InChI=1S/C22H26O4/c1-13(2)19-12-16(8-9-20(19)23)26-22-14(3)11-15(7-10-21(24)25)17-5-4-6-18(17)22/h8-9,11-13,23H,4-7,10H2,1-3H3,(H,24,25). The Labute approximate surface area is 154 Å². The van der Waals surface area contributed by atoms with Crippen molar-refractivity contribution >= 4 is 5.97 Å². The summed E-state index contributed by atoms with van der Waals surface area (Å²) in [6.07, 6.45) is 3.73. The van der Waals surface area contributed by atoms with Crippen LogP contribution >= 0.6 is 0 Å². The van der Waals surface area contributed by atoms with Crippen molar-refractivity contribution in [1.29, 1.82) is 0 Å². The molecule has 2 aromatic rings. The number of rotatable bonds is 6. The lowest BCUT2D eigenvalue weighted by Gasteiger charge is -2.18. The van der Waals surface area contributed by atoms with Gasteiger partial charge in [-0.1, -0.05) is 19.9 Å². The summed E-state index contributed by atoms with van der Waals surface area (Å²) in [6.45, 7) is 6.10. The molecule has 2 aromatic carbocycles. The second-order valence-electron chi connectivity index (χ2n) is 7.36. The minimum Gasteiger partial charge on any atom is -0.508 e. The highest BCUT2D eigenvalue weighted by molar-refractivity contribution is 5.67. The van der Waals surface area contributed by atoms with Gasteiger partial charge in [0.25, 0.3) is 0 Å². The van der Waals surface area contributed by atoms with E-state index in [9.17, 15) is 9.90 Å². The van der Waals surface area contributed by atoms with Crippen LogP contribution in [0.4, 0.5) is 0 Å². The molecule has 0 fully saturated rings. The molecule has 0 radical (unpaired) electrons. The minimum atomic E-state index is -0.764. The highest BCUT2D eigenvalue weighted by Crippen LogP contribution is 2.40. The Bertz CT molecular complexity index is 837. The third-order valence-corrected chi connectivity index (χ3v) is 5.08. The summed E-state index contributed by atoms with van der Waals surface area (Å²) in [6, 6.07) is 7.45. The van der Waals surface area contributed by atoms with Crippen LogP contribution in [0.1, 0.15) is 60.4 Å². The van der Waals surface area contributed by atoms with E-state index in [-0.39, 0.29) is 12.3 Å². The fraction of sp³-hybridized carbons (Fsp3) is 0.409. The van der Waals surface area contributed by atoms with Crippen LogP contribution in [0.5, 0.6) is 17.2 Å². The van der Waals surface area contributed by atoms with Gasteiger partial charge in [0.15, 0.2) is 0 Å². The van der Waals surface area contributed by atoms with Crippen LogP contribution in [0.2, 0.25) is 0 Å². The fourth-order valence-corrected chi connectivity index (χ4v) is 3.78. The van der Waals surface area contributed by atoms with E-state index in [4.69, 9.17) is 9.84 Å². The Morgan fingerprint density at radius 3 is 2.62 bits per heavy atom. The summed E-state index contributed by atoms with van der Waals surface area (Å²) in [5.74, 6) is 1.35. The van der Waals surface area contributed by atoms with E-state index in [1.807, 2.05) is 26.8 Å². The molecule has 0 saturated carbocycles. The highest BCUT2D eigenvalue weighted by atomic mass is 16.5. The molecule has 0 aliphatic heterocycles. The van der Waals surface area contributed by atoms with Crippen molar-refractivity contribution in [2.45, 2.75) is 58.8 Å². The smallest absolute Gasteiger partial charge is 0.303 e. The molecule has 0 amide bonds. The Morgan fingerprint density at radius 2 is 1.92 bits per heavy atom. The van der Waals surface area contributed by atoms with Crippen LogP contribution in [-0.2, 0) is 24.1 Å².